The van der Waals surface area contributed by atoms with Gasteiger partial charge in [0.15, 0.2) is 5.16 Å². The van der Waals surface area contributed by atoms with Crippen molar-refractivity contribution in [3.8, 4) is 11.1 Å². The van der Waals surface area contributed by atoms with Gasteiger partial charge in [0.05, 0.1) is 24.0 Å². The summed E-state index contributed by atoms with van der Waals surface area (Å²) in [5, 5.41) is 1.77. The Hall–Kier alpha value is -2.38. The van der Waals surface area contributed by atoms with E-state index < -0.39 is 0 Å². The van der Waals surface area contributed by atoms with Crippen LogP contribution in [0.15, 0.2) is 52.8 Å². The largest absolute Gasteiger partial charge is 0.325 e. The molecule has 3 aromatic heterocycles. The van der Waals surface area contributed by atoms with Crippen molar-refractivity contribution >= 4 is 33.3 Å². The summed E-state index contributed by atoms with van der Waals surface area (Å²) in [7, 11) is 0. The fourth-order valence-electron chi connectivity index (χ4n) is 3.56. The number of benzene rings is 1. The predicted molar refractivity (Wildman–Crippen MR) is 111 cm³/mol. The van der Waals surface area contributed by atoms with E-state index in [1.165, 1.54) is 4.88 Å². The van der Waals surface area contributed by atoms with Crippen molar-refractivity contribution in [1.82, 2.24) is 19.1 Å². The fraction of sp³-hybridized carbons (Fsp3) is 0.250. The molecule has 1 aliphatic rings. The molecule has 1 aromatic carbocycles. The van der Waals surface area contributed by atoms with Gasteiger partial charge in [0.1, 0.15) is 4.83 Å². The van der Waals surface area contributed by atoms with Crippen molar-refractivity contribution in [3.63, 3.8) is 0 Å². The maximum atomic E-state index is 13.3. The molecule has 0 bridgehead atoms. The Kier molecular flexibility index (Phi) is 4.13. The highest BCUT2D eigenvalue weighted by atomic mass is 32.2. The Morgan fingerprint density at radius 1 is 1.22 bits per heavy atom. The van der Waals surface area contributed by atoms with Crippen LogP contribution in [0.25, 0.3) is 21.3 Å². The summed E-state index contributed by atoms with van der Waals surface area (Å²) in [6, 6.07) is 10.1. The van der Waals surface area contributed by atoms with Gasteiger partial charge >= 0.3 is 0 Å². The zero-order chi connectivity index (χ0) is 18.4. The number of nitrogens with zero attached hydrogens (tertiary/aromatic N) is 4. The van der Waals surface area contributed by atoms with Crippen molar-refractivity contribution in [3.05, 3.63) is 63.8 Å². The second-order valence-electron chi connectivity index (χ2n) is 6.53. The third-order valence-electron chi connectivity index (χ3n) is 4.82. The van der Waals surface area contributed by atoms with Crippen molar-refractivity contribution < 1.29 is 0 Å². The SMILES string of the molecule is CCc1sc2ncn(Cc3cn4c(n3)SCC4)c(=O)c2c1-c1ccccc1. The zero-order valence-electron chi connectivity index (χ0n) is 14.9. The lowest BCUT2D eigenvalue weighted by atomic mass is 10.0. The maximum absolute atomic E-state index is 13.3. The van der Waals surface area contributed by atoms with Crippen LogP contribution in [0, 0.1) is 0 Å². The zero-order valence-corrected chi connectivity index (χ0v) is 16.5. The number of imidazole rings is 1. The molecule has 1 aliphatic heterocycles. The molecule has 0 unspecified atom stereocenters. The Morgan fingerprint density at radius 3 is 2.85 bits per heavy atom. The number of rotatable bonds is 4. The molecule has 0 spiro atoms. The number of hydrogen-bond donors (Lipinski definition) is 0. The molecule has 0 fully saturated rings. The average molecular weight is 395 g/mol. The smallest absolute Gasteiger partial charge is 0.263 e. The molecule has 0 saturated carbocycles. The van der Waals surface area contributed by atoms with E-state index in [1.54, 1.807) is 34.0 Å². The van der Waals surface area contributed by atoms with Gasteiger partial charge in [0.25, 0.3) is 5.56 Å². The van der Waals surface area contributed by atoms with E-state index in [1.807, 2.05) is 18.2 Å². The van der Waals surface area contributed by atoms with E-state index in [9.17, 15) is 4.79 Å². The first-order valence-electron chi connectivity index (χ1n) is 8.99. The van der Waals surface area contributed by atoms with Crippen LogP contribution in [0.4, 0.5) is 0 Å². The average Bonchev–Trinajstić information content (AvgIpc) is 3.37. The summed E-state index contributed by atoms with van der Waals surface area (Å²) < 4.78 is 3.84. The van der Waals surface area contributed by atoms with E-state index in [0.29, 0.717) is 6.54 Å². The highest BCUT2D eigenvalue weighted by Gasteiger charge is 2.19. The molecule has 0 radical (unpaired) electrons. The molecule has 0 atom stereocenters. The Bertz CT molecular complexity index is 1170. The quantitative estimate of drug-likeness (QED) is 0.524. The Balaban J connectivity index is 1.64. The summed E-state index contributed by atoms with van der Waals surface area (Å²) in [4.78, 5) is 24.6. The molecule has 5 nitrogen and oxygen atoms in total. The van der Waals surface area contributed by atoms with E-state index in [2.05, 4.69) is 39.8 Å². The normalized spacial score (nSPS) is 13.4. The highest BCUT2D eigenvalue weighted by Crippen LogP contribution is 2.36. The second-order valence-corrected chi connectivity index (χ2v) is 8.68. The number of thioether (sulfide) groups is 1. The van der Waals surface area contributed by atoms with Gasteiger partial charge in [0, 0.05) is 28.9 Å². The van der Waals surface area contributed by atoms with Crippen LogP contribution < -0.4 is 5.56 Å². The lowest BCUT2D eigenvalue weighted by Crippen LogP contribution is -2.21. The third-order valence-corrected chi connectivity index (χ3v) is 7.03. The van der Waals surface area contributed by atoms with Gasteiger partial charge in [0.2, 0.25) is 0 Å². The topological polar surface area (TPSA) is 52.7 Å². The van der Waals surface area contributed by atoms with Crippen molar-refractivity contribution in [2.75, 3.05) is 5.75 Å². The minimum atomic E-state index is 0.00983. The van der Waals surface area contributed by atoms with Gasteiger partial charge < -0.3 is 4.57 Å². The van der Waals surface area contributed by atoms with E-state index in [0.717, 1.165) is 50.9 Å². The van der Waals surface area contributed by atoms with Crippen molar-refractivity contribution in [1.29, 1.82) is 0 Å². The molecule has 4 aromatic rings. The maximum Gasteiger partial charge on any atom is 0.263 e. The van der Waals surface area contributed by atoms with Gasteiger partial charge in [-0.25, -0.2) is 9.97 Å². The van der Waals surface area contributed by atoms with Gasteiger partial charge in [-0.1, -0.05) is 49.0 Å². The molecule has 4 heterocycles. The van der Waals surface area contributed by atoms with Crippen molar-refractivity contribution in [2.45, 2.75) is 31.6 Å². The first-order valence-corrected chi connectivity index (χ1v) is 10.8. The highest BCUT2D eigenvalue weighted by molar-refractivity contribution is 7.99. The number of hydrogen-bond acceptors (Lipinski definition) is 5. The van der Waals surface area contributed by atoms with Crippen LogP contribution in [0.3, 0.4) is 0 Å². The fourth-order valence-corrected chi connectivity index (χ4v) is 5.61. The summed E-state index contributed by atoms with van der Waals surface area (Å²) in [6.45, 7) is 3.57. The minimum Gasteiger partial charge on any atom is -0.325 e. The lowest BCUT2D eigenvalue weighted by Gasteiger charge is -2.06. The van der Waals surface area contributed by atoms with Gasteiger partial charge in [-0.3, -0.25) is 9.36 Å². The first kappa shape index (κ1) is 16.8. The number of aromatic nitrogens is 4. The molecule has 27 heavy (non-hydrogen) atoms. The second kappa shape index (κ2) is 6.65. The number of aryl methyl sites for hydroxylation is 2. The monoisotopic (exact) mass is 394 g/mol. The van der Waals surface area contributed by atoms with Gasteiger partial charge in [-0.05, 0) is 12.0 Å². The molecule has 5 rings (SSSR count). The molecule has 0 N–H and O–H groups in total. The van der Waals surface area contributed by atoms with Crippen LogP contribution in [-0.4, -0.2) is 24.9 Å². The first-order chi connectivity index (χ1) is 13.2. The van der Waals surface area contributed by atoms with E-state index in [4.69, 9.17) is 0 Å². The summed E-state index contributed by atoms with van der Waals surface area (Å²) in [5.41, 5.74) is 3.03. The summed E-state index contributed by atoms with van der Waals surface area (Å²) in [5.74, 6) is 1.07. The van der Waals surface area contributed by atoms with Crippen LogP contribution in [0.2, 0.25) is 0 Å². The molecule has 0 aliphatic carbocycles. The molecular weight excluding hydrogens is 376 g/mol. The molecule has 0 saturated heterocycles. The molecule has 7 heteroatoms. The van der Waals surface area contributed by atoms with Crippen LogP contribution >= 0.6 is 23.1 Å². The van der Waals surface area contributed by atoms with E-state index >= 15 is 0 Å². The minimum absolute atomic E-state index is 0.00983. The summed E-state index contributed by atoms with van der Waals surface area (Å²) in [6.07, 6.45) is 4.60. The van der Waals surface area contributed by atoms with Crippen LogP contribution in [0.1, 0.15) is 17.5 Å². The molecule has 136 valence electrons. The summed E-state index contributed by atoms with van der Waals surface area (Å²) >= 11 is 3.38. The standard InChI is InChI=1S/C20H18N4OS2/c1-2-15-16(13-6-4-3-5-7-13)17-18(27-15)21-12-24(19(17)25)11-14-10-23-8-9-26-20(23)22-14/h3-7,10,12H,2,8-9,11H2,1H3. The Morgan fingerprint density at radius 2 is 2.07 bits per heavy atom. The third kappa shape index (κ3) is 2.82. The molecule has 0 amide bonds. The Labute approximate surface area is 164 Å². The number of thiophene rings is 1. The van der Waals surface area contributed by atoms with Gasteiger partial charge in [-0.2, -0.15) is 0 Å². The van der Waals surface area contributed by atoms with E-state index in [-0.39, 0.29) is 5.56 Å². The lowest BCUT2D eigenvalue weighted by molar-refractivity contribution is 0.719. The van der Waals surface area contributed by atoms with Crippen LogP contribution in [-0.2, 0) is 19.5 Å². The number of fused-ring (bicyclic) bond motifs is 2. The van der Waals surface area contributed by atoms with Gasteiger partial charge in [-0.15, -0.1) is 11.3 Å². The van der Waals surface area contributed by atoms with Crippen molar-refractivity contribution in [2.24, 2.45) is 0 Å². The molecular formula is C20H18N4OS2. The van der Waals surface area contributed by atoms with Crippen LogP contribution in [0.5, 0.6) is 0 Å². The predicted octanol–water partition coefficient (Wildman–Crippen LogP) is 4.04.